The predicted octanol–water partition coefficient (Wildman–Crippen LogP) is 3.68. The minimum absolute atomic E-state index is 0.109. The Morgan fingerprint density at radius 1 is 1.29 bits per heavy atom. The number of carbonyl (C=O) groups excluding carboxylic acids is 1. The topological polar surface area (TPSA) is 33.2 Å². The Balaban J connectivity index is 1.91. The highest BCUT2D eigenvalue weighted by atomic mass is 79.9. The number of rotatable bonds is 3. The van der Waals surface area contributed by atoms with Gasteiger partial charge in [-0.25, -0.2) is 9.37 Å². The van der Waals surface area contributed by atoms with Crippen LogP contribution in [0.4, 0.5) is 10.2 Å². The predicted molar refractivity (Wildman–Crippen MR) is 82.7 cm³/mol. The van der Waals surface area contributed by atoms with Crippen molar-refractivity contribution in [3.8, 4) is 0 Å². The number of amides is 1. The molecule has 1 amide bonds. The molecule has 3 nitrogen and oxygen atoms in total. The van der Waals surface area contributed by atoms with Crippen molar-refractivity contribution in [2.45, 2.75) is 18.3 Å². The van der Waals surface area contributed by atoms with E-state index >= 15 is 0 Å². The van der Waals surface area contributed by atoms with Gasteiger partial charge in [-0.1, -0.05) is 18.2 Å². The van der Waals surface area contributed by atoms with E-state index in [1.54, 1.807) is 37.5 Å². The molecule has 0 aliphatic heterocycles. The van der Waals surface area contributed by atoms with Gasteiger partial charge in [0.25, 0.3) is 0 Å². The van der Waals surface area contributed by atoms with E-state index in [4.69, 9.17) is 0 Å². The minimum Gasteiger partial charge on any atom is -0.299 e. The van der Waals surface area contributed by atoms with Crippen LogP contribution in [0.2, 0.25) is 0 Å². The second-order valence-electron chi connectivity index (χ2n) is 5.26. The molecule has 0 bridgehead atoms. The lowest BCUT2D eigenvalue weighted by molar-refractivity contribution is -0.120. The zero-order valence-electron chi connectivity index (χ0n) is 11.5. The Bertz CT molecular complexity index is 683. The number of aromatic nitrogens is 1. The monoisotopic (exact) mass is 348 g/mol. The van der Waals surface area contributed by atoms with Crippen LogP contribution < -0.4 is 4.90 Å². The van der Waals surface area contributed by atoms with Crippen molar-refractivity contribution < 1.29 is 9.18 Å². The van der Waals surface area contributed by atoms with Gasteiger partial charge < -0.3 is 0 Å². The lowest BCUT2D eigenvalue weighted by Gasteiger charge is -2.23. The highest BCUT2D eigenvalue weighted by Gasteiger charge is 2.54. The van der Waals surface area contributed by atoms with Gasteiger partial charge in [-0.2, -0.15) is 0 Å². The highest BCUT2D eigenvalue weighted by molar-refractivity contribution is 9.10. The molecule has 0 unspecified atom stereocenters. The maximum Gasteiger partial charge on any atom is 0.238 e. The third-order valence-electron chi connectivity index (χ3n) is 3.91. The van der Waals surface area contributed by atoms with Gasteiger partial charge in [0, 0.05) is 23.3 Å². The van der Waals surface area contributed by atoms with Gasteiger partial charge >= 0.3 is 0 Å². The molecule has 0 saturated heterocycles. The fourth-order valence-corrected chi connectivity index (χ4v) is 2.80. The Labute approximate surface area is 130 Å². The molecule has 1 aromatic heterocycles. The Morgan fingerprint density at radius 2 is 2.00 bits per heavy atom. The van der Waals surface area contributed by atoms with Crippen LogP contribution in [-0.2, 0) is 10.2 Å². The van der Waals surface area contributed by atoms with Crippen LogP contribution in [0, 0.1) is 5.82 Å². The molecule has 21 heavy (non-hydrogen) atoms. The maximum atomic E-state index is 14.0. The van der Waals surface area contributed by atoms with Crippen LogP contribution in [-0.4, -0.2) is 17.9 Å². The van der Waals surface area contributed by atoms with Crippen molar-refractivity contribution in [3.05, 3.63) is 58.4 Å². The second kappa shape index (κ2) is 5.22. The summed E-state index contributed by atoms with van der Waals surface area (Å²) in [6.45, 7) is 0. The van der Waals surface area contributed by atoms with Gasteiger partial charge in [0.1, 0.15) is 11.6 Å². The molecule has 0 spiro atoms. The van der Waals surface area contributed by atoms with E-state index in [9.17, 15) is 9.18 Å². The summed E-state index contributed by atoms with van der Waals surface area (Å²) in [7, 11) is 1.68. The van der Waals surface area contributed by atoms with Crippen LogP contribution in [0.25, 0.3) is 0 Å². The third-order valence-corrected chi connectivity index (χ3v) is 4.38. The number of likely N-dealkylation sites (N-methyl/N-ethyl adjacent to an activating group) is 1. The van der Waals surface area contributed by atoms with Gasteiger partial charge in [0.2, 0.25) is 5.91 Å². The molecule has 0 radical (unpaired) electrons. The number of hydrogen-bond donors (Lipinski definition) is 0. The quantitative estimate of drug-likeness (QED) is 0.847. The Kier molecular flexibility index (Phi) is 3.53. The summed E-state index contributed by atoms with van der Waals surface area (Å²) in [5.74, 6) is 0.133. The van der Waals surface area contributed by atoms with E-state index in [2.05, 4.69) is 20.9 Å². The molecule has 0 N–H and O–H groups in total. The molecule has 108 valence electrons. The van der Waals surface area contributed by atoms with Gasteiger partial charge in [-0.3, -0.25) is 9.69 Å². The summed E-state index contributed by atoms with van der Waals surface area (Å²) in [5.41, 5.74) is -0.242. The SMILES string of the molecule is CN(C(=O)C1(c2ccccc2F)CC1)c1ccc(Br)cn1. The molecule has 1 aliphatic carbocycles. The number of benzene rings is 1. The maximum absolute atomic E-state index is 14.0. The molecule has 2 aromatic rings. The summed E-state index contributed by atoms with van der Waals surface area (Å²) in [6, 6.07) is 10.1. The van der Waals surface area contributed by atoms with Gasteiger partial charge in [-0.05, 0) is 47.0 Å². The standard InChI is InChI=1S/C16H14BrFN2O/c1-20(14-7-6-11(17)10-19-14)15(21)16(8-9-16)12-4-2-3-5-13(12)18/h2-7,10H,8-9H2,1H3. The number of hydrogen-bond acceptors (Lipinski definition) is 2. The lowest BCUT2D eigenvalue weighted by atomic mass is 9.94. The van der Waals surface area contributed by atoms with Crippen LogP contribution >= 0.6 is 15.9 Å². The van der Waals surface area contributed by atoms with E-state index < -0.39 is 5.41 Å². The molecular formula is C16H14BrFN2O. The normalized spacial score (nSPS) is 15.6. The minimum atomic E-state index is -0.727. The van der Waals surface area contributed by atoms with Gasteiger partial charge in [0.05, 0.1) is 5.41 Å². The first-order valence-electron chi connectivity index (χ1n) is 6.69. The van der Waals surface area contributed by atoms with E-state index in [1.165, 1.54) is 11.0 Å². The van der Waals surface area contributed by atoms with E-state index in [0.717, 1.165) is 4.47 Å². The molecule has 1 fully saturated rings. The average Bonchev–Trinajstić information content (AvgIpc) is 3.28. The Morgan fingerprint density at radius 3 is 2.57 bits per heavy atom. The van der Waals surface area contributed by atoms with E-state index in [0.29, 0.717) is 24.2 Å². The van der Waals surface area contributed by atoms with Crippen LogP contribution in [0.5, 0.6) is 0 Å². The number of carbonyl (C=O) groups is 1. The van der Waals surface area contributed by atoms with E-state index in [-0.39, 0.29) is 11.7 Å². The average molecular weight is 349 g/mol. The number of pyridine rings is 1. The fraction of sp³-hybridized carbons (Fsp3) is 0.250. The first-order valence-corrected chi connectivity index (χ1v) is 7.49. The smallest absolute Gasteiger partial charge is 0.238 e. The van der Waals surface area contributed by atoms with Crippen molar-refractivity contribution in [1.82, 2.24) is 4.98 Å². The molecule has 3 rings (SSSR count). The summed E-state index contributed by atoms with van der Waals surface area (Å²) in [5, 5.41) is 0. The Hall–Kier alpha value is -1.75. The first kappa shape index (κ1) is 14.2. The van der Waals surface area contributed by atoms with Crippen LogP contribution in [0.15, 0.2) is 47.1 Å². The van der Waals surface area contributed by atoms with Crippen molar-refractivity contribution >= 4 is 27.7 Å². The largest absolute Gasteiger partial charge is 0.299 e. The molecule has 1 aromatic carbocycles. The number of halogens is 2. The van der Waals surface area contributed by atoms with Crippen molar-refractivity contribution in [2.75, 3.05) is 11.9 Å². The second-order valence-corrected chi connectivity index (χ2v) is 6.18. The van der Waals surface area contributed by atoms with Crippen LogP contribution in [0.1, 0.15) is 18.4 Å². The van der Waals surface area contributed by atoms with Gasteiger partial charge in [0.15, 0.2) is 0 Å². The van der Waals surface area contributed by atoms with E-state index in [1.807, 2.05) is 6.07 Å². The lowest BCUT2D eigenvalue weighted by Crippen LogP contribution is -2.37. The van der Waals surface area contributed by atoms with Crippen molar-refractivity contribution in [3.63, 3.8) is 0 Å². The molecule has 0 atom stereocenters. The third kappa shape index (κ3) is 2.46. The summed E-state index contributed by atoms with van der Waals surface area (Å²) in [4.78, 5) is 18.5. The first-order chi connectivity index (χ1) is 10.0. The highest BCUT2D eigenvalue weighted by Crippen LogP contribution is 2.50. The van der Waals surface area contributed by atoms with Crippen LogP contribution in [0.3, 0.4) is 0 Å². The summed E-state index contributed by atoms with van der Waals surface area (Å²) in [6.07, 6.45) is 2.99. The summed E-state index contributed by atoms with van der Waals surface area (Å²) >= 11 is 3.31. The molecule has 5 heteroatoms. The van der Waals surface area contributed by atoms with Crippen molar-refractivity contribution in [1.29, 1.82) is 0 Å². The molecule has 1 saturated carbocycles. The zero-order chi connectivity index (χ0) is 15.0. The fourth-order valence-electron chi connectivity index (χ4n) is 2.56. The van der Waals surface area contributed by atoms with Crippen molar-refractivity contribution in [2.24, 2.45) is 0 Å². The van der Waals surface area contributed by atoms with Gasteiger partial charge in [-0.15, -0.1) is 0 Å². The zero-order valence-corrected chi connectivity index (χ0v) is 13.1. The molecule has 1 heterocycles. The summed E-state index contributed by atoms with van der Waals surface area (Å²) < 4.78 is 14.9. The number of anilines is 1. The molecule has 1 aliphatic rings. The number of nitrogens with zero attached hydrogens (tertiary/aromatic N) is 2. The molecular weight excluding hydrogens is 335 g/mol.